The molecule has 1 heterocycles. The van der Waals surface area contributed by atoms with Crippen molar-refractivity contribution in [2.45, 2.75) is 26.2 Å². The van der Waals surface area contributed by atoms with Gasteiger partial charge in [0.25, 0.3) is 0 Å². The lowest BCUT2D eigenvalue weighted by Gasteiger charge is -2.25. The van der Waals surface area contributed by atoms with Crippen molar-refractivity contribution in [3.8, 4) is 0 Å². The fourth-order valence-corrected chi connectivity index (χ4v) is 2.85. The van der Waals surface area contributed by atoms with Crippen molar-refractivity contribution in [3.63, 3.8) is 0 Å². The Balaban J connectivity index is 2.26. The smallest absolute Gasteiger partial charge is 0.198 e. The van der Waals surface area contributed by atoms with Gasteiger partial charge in [-0.25, -0.2) is 0 Å². The Morgan fingerprint density at radius 1 is 0.875 bits per heavy atom. The molecule has 0 amide bonds. The van der Waals surface area contributed by atoms with E-state index in [9.17, 15) is 9.59 Å². The van der Waals surface area contributed by atoms with Gasteiger partial charge >= 0.3 is 0 Å². The maximum absolute atomic E-state index is 13.0. The number of benzene rings is 1. The highest BCUT2D eigenvalue weighted by atomic mass is 16.1. The summed E-state index contributed by atoms with van der Waals surface area (Å²) in [5, 5.41) is 6.05. The number of anilines is 2. The third-order valence-corrected chi connectivity index (χ3v) is 3.74. The molecule has 0 radical (unpaired) electrons. The van der Waals surface area contributed by atoms with Crippen LogP contribution in [0, 0.1) is 0 Å². The summed E-state index contributed by atoms with van der Waals surface area (Å²) in [5.74, 6) is -0.498. The zero-order chi connectivity index (χ0) is 17.4. The summed E-state index contributed by atoms with van der Waals surface area (Å²) < 4.78 is 0. The molecule has 0 spiro atoms. The van der Waals surface area contributed by atoms with Crippen LogP contribution in [0.3, 0.4) is 0 Å². The molecule has 24 heavy (non-hydrogen) atoms. The van der Waals surface area contributed by atoms with Crippen molar-refractivity contribution in [2.24, 2.45) is 11.5 Å². The SMILES string of the molecule is CC(N)Nc1ccc(NC(C)N)c2c1C(=O)c1ccncc1C2=O. The molecule has 1 aromatic carbocycles. The number of hydrogen-bond donors (Lipinski definition) is 4. The fraction of sp³-hybridized carbons (Fsp3) is 0.235. The van der Waals surface area contributed by atoms with Crippen LogP contribution >= 0.6 is 0 Å². The standard InChI is InChI=1S/C17H19N5O2/c1-8(18)21-12-3-4-13(22-9(2)19)15-14(12)16(23)10-5-6-20-7-11(10)17(15)24/h3-9,21-22H,18-19H2,1-2H3. The van der Waals surface area contributed by atoms with Crippen LogP contribution in [0.5, 0.6) is 0 Å². The molecule has 1 aliphatic rings. The Hall–Kier alpha value is -2.77. The van der Waals surface area contributed by atoms with Crippen molar-refractivity contribution < 1.29 is 9.59 Å². The third-order valence-electron chi connectivity index (χ3n) is 3.74. The van der Waals surface area contributed by atoms with Gasteiger partial charge in [0.05, 0.1) is 29.0 Å². The van der Waals surface area contributed by atoms with Gasteiger partial charge in [0.2, 0.25) is 0 Å². The summed E-state index contributed by atoms with van der Waals surface area (Å²) in [6.45, 7) is 3.51. The van der Waals surface area contributed by atoms with E-state index >= 15 is 0 Å². The van der Waals surface area contributed by atoms with Crippen molar-refractivity contribution in [1.82, 2.24) is 4.98 Å². The van der Waals surface area contributed by atoms with Crippen molar-refractivity contribution in [1.29, 1.82) is 0 Å². The van der Waals surface area contributed by atoms with E-state index in [1.54, 1.807) is 32.0 Å². The minimum absolute atomic E-state index is 0.238. The summed E-state index contributed by atoms with van der Waals surface area (Å²) in [6.07, 6.45) is 2.17. The van der Waals surface area contributed by atoms with Crippen LogP contribution in [0.4, 0.5) is 11.4 Å². The van der Waals surface area contributed by atoms with Crippen LogP contribution in [0.25, 0.3) is 0 Å². The normalized spacial score (nSPS) is 15.3. The second-order valence-corrected chi connectivity index (χ2v) is 5.86. The summed E-state index contributed by atoms with van der Waals surface area (Å²) in [7, 11) is 0. The van der Waals surface area contributed by atoms with E-state index in [1.807, 2.05) is 0 Å². The average Bonchev–Trinajstić information content (AvgIpc) is 2.53. The van der Waals surface area contributed by atoms with Crippen LogP contribution in [0.15, 0.2) is 30.6 Å². The summed E-state index contributed by atoms with van der Waals surface area (Å²) in [4.78, 5) is 29.9. The first-order valence-corrected chi connectivity index (χ1v) is 7.64. The van der Waals surface area contributed by atoms with Crippen LogP contribution in [0.1, 0.15) is 45.7 Å². The fourth-order valence-electron chi connectivity index (χ4n) is 2.85. The van der Waals surface area contributed by atoms with Gasteiger partial charge in [-0.15, -0.1) is 0 Å². The molecule has 2 unspecified atom stereocenters. The van der Waals surface area contributed by atoms with Crippen LogP contribution < -0.4 is 22.1 Å². The minimum atomic E-state index is -0.375. The topological polar surface area (TPSA) is 123 Å². The number of carbonyl (C=O) groups excluding carboxylic acids is 2. The van der Waals surface area contributed by atoms with Crippen LogP contribution in [-0.4, -0.2) is 28.9 Å². The predicted molar refractivity (Wildman–Crippen MR) is 92.1 cm³/mol. The number of rotatable bonds is 4. The second-order valence-electron chi connectivity index (χ2n) is 5.86. The molecular weight excluding hydrogens is 306 g/mol. The quantitative estimate of drug-likeness (QED) is 0.533. The largest absolute Gasteiger partial charge is 0.370 e. The predicted octanol–water partition coefficient (Wildman–Crippen LogP) is 1.29. The van der Waals surface area contributed by atoms with Gasteiger partial charge in [-0.1, -0.05) is 0 Å². The molecule has 124 valence electrons. The molecule has 1 aromatic heterocycles. The van der Waals surface area contributed by atoms with E-state index in [0.29, 0.717) is 33.6 Å². The number of nitrogens with zero attached hydrogens (tertiary/aromatic N) is 1. The first-order chi connectivity index (χ1) is 11.4. The molecular formula is C17H19N5O2. The van der Waals surface area contributed by atoms with E-state index in [-0.39, 0.29) is 23.9 Å². The van der Waals surface area contributed by atoms with Gasteiger partial charge in [0.15, 0.2) is 11.6 Å². The molecule has 0 fully saturated rings. The van der Waals surface area contributed by atoms with E-state index in [1.165, 1.54) is 12.4 Å². The first kappa shape index (κ1) is 16.1. The van der Waals surface area contributed by atoms with Gasteiger partial charge < -0.3 is 22.1 Å². The highest BCUT2D eigenvalue weighted by Gasteiger charge is 2.34. The minimum Gasteiger partial charge on any atom is -0.370 e. The van der Waals surface area contributed by atoms with Crippen molar-refractivity contribution in [3.05, 3.63) is 52.8 Å². The molecule has 0 saturated heterocycles. The number of pyridine rings is 1. The Kier molecular flexibility index (Phi) is 4.04. The Bertz CT molecular complexity index is 762. The Labute approximate surface area is 139 Å². The number of hydrogen-bond acceptors (Lipinski definition) is 7. The number of aromatic nitrogens is 1. The van der Waals surface area contributed by atoms with Gasteiger partial charge in [-0.3, -0.25) is 14.6 Å². The van der Waals surface area contributed by atoms with E-state index < -0.39 is 0 Å². The maximum Gasteiger partial charge on any atom is 0.198 e. The Morgan fingerprint density at radius 3 is 1.88 bits per heavy atom. The van der Waals surface area contributed by atoms with Gasteiger partial charge in [0, 0.05) is 29.3 Å². The molecule has 0 aliphatic heterocycles. The highest BCUT2D eigenvalue weighted by Crippen LogP contribution is 2.36. The maximum atomic E-state index is 13.0. The molecule has 6 N–H and O–H groups in total. The molecule has 0 saturated carbocycles. The second kappa shape index (κ2) is 6.03. The lowest BCUT2D eigenvalue weighted by atomic mass is 9.83. The third kappa shape index (κ3) is 2.64. The van der Waals surface area contributed by atoms with Gasteiger partial charge in [-0.05, 0) is 32.0 Å². The number of carbonyl (C=O) groups is 2. The molecule has 3 rings (SSSR count). The van der Waals surface area contributed by atoms with Crippen molar-refractivity contribution >= 4 is 22.9 Å². The molecule has 1 aliphatic carbocycles. The zero-order valence-corrected chi connectivity index (χ0v) is 13.5. The number of nitrogens with two attached hydrogens (primary N) is 2. The van der Waals surface area contributed by atoms with Gasteiger partial charge in [-0.2, -0.15) is 0 Å². The molecule has 0 bridgehead atoms. The summed E-state index contributed by atoms with van der Waals surface area (Å²) >= 11 is 0. The summed E-state index contributed by atoms with van der Waals surface area (Å²) in [6, 6.07) is 5.00. The number of fused-ring (bicyclic) bond motifs is 2. The number of ketones is 2. The number of nitrogens with one attached hydrogen (secondary N) is 2. The summed E-state index contributed by atoms with van der Waals surface area (Å²) in [5.41, 5.74) is 13.9. The average molecular weight is 325 g/mol. The van der Waals surface area contributed by atoms with Crippen LogP contribution in [0.2, 0.25) is 0 Å². The first-order valence-electron chi connectivity index (χ1n) is 7.64. The van der Waals surface area contributed by atoms with Crippen LogP contribution in [-0.2, 0) is 0 Å². The Morgan fingerprint density at radius 2 is 1.38 bits per heavy atom. The van der Waals surface area contributed by atoms with E-state index in [4.69, 9.17) is 11.5 Å². The zero-order valence-electron chi connectivity index (χ0n) is 13.5. The lowest BCUT2D eigenvalue weighted by Crippen LogP contribution is -2.31. The van der Waals surface area contributed by atoms with Crippen molar-refractivity contribution in [2.75, 3.05) is 10.6 Å². The van der Waals surface area contributed by atoms with E-state index in [0.717, 1.165) is 0 Å². The van der Waals surface area contributed by atoms with E-state index in [2.05, 4.69) is 15.6 Å². The van der Waals surface area contributed by atoms with Gasteiger partial charge in [0.1, 0.15) is 0 Å². The monoisotopic (exact) mass is 325 g/mol. The highest BCUT2D eigenvalue weighted by molar-refractivity contribution is 6.31. The molecule has 2 aromatic rings. The molecule has 2 atom stereocenters. The molecule has 7 heteroatoms. The molecule has 7 nitrogen and oxygen atoms in total. The lowest BCUT2D eigenvalue weighted by molar-refractivity contribution is 0.0979.